The van der Waals surface area contributed by atoms with Gasteiger partial charge in [-0.15, -0.1) is 0 Å². The third-order valence-electron chi connectivity index (χ3n) is 3.87. The van der Waals surface area contributed by atoms with E-state index in [1.807, 2.05) is 24.3 Å². The van der Waals surface area contributed by atoms with Gasteiger partial charge in [0.1, 0.15) is 12.4 Å². The van der Waals surface area contributed by atoms with E-state index < -0.39 is 5.97 Å². The van der Waals surface area contributed by atoms with Gasteiger partial charge in [0, 0.05) is 5.56 Å². The zero-order valence-corrected chi connectivity index (χ0v) is 11.2. The average Bonchev–Trinajstić information content (AvgIpc) is 2.52. The topological polar surface area (TPSA) is 46.5 Å². The molecule has 1 heterocycles. The first-order valence-corrected chi connectivity index (χ1v) is 6.74. The molecule has 0 unspecified atom stereocenters. The second kappa shape index (κ2) is 4.35. The summed E-state index contributed by atoms with van der Waals surface area (Å²) in [6, 6.07) is 17.5. The first kappa shape index (κ1) is 12.0. The molecule has 0 fully saturated rings. The number of aromatic carboxylic acids is 1. The molecule has 0 radical (unpaired) electrons. The predicted molar refractivity (Wildman–Crippen MR) is 80.7 cm³/mol. The molecule has 0 amide bonds. The van der Waals surface area contributed by atoms with E-state index in [-0.39, 0.29) is 0 Å². The Bertz CT molecular complexity index is 881. The van der Waals surface area contributed by atoms with E-state index >= 15 is 0 Å². The molecule has 4 rings (SSSR count). The number of hydrogen-bond donors (Lipinski definition) is 1. The summed E-state index contributed by atoms with van der Waals surface area (Å²) in [6.45, 7) is 0.405. The zero-order chi connectivity index (χ0) is 14.4. The summed E-state index contributed by atoms with van der Waals surface area (Å²) in [6.07, 6.45) is 0. The molecule has 1 N–H and O–H groups in total. The maximum atomic E-state index is 11.1. The van der Waals surface area contributed by atoms with Crippen LogP contribution in [0.25, 0.3) is 21.9 Å². The summed E-state index contributed by atoms with van der Waals surface area (Å²) in [7, 11) is 0. The maximum Gasteiger partial charge on any atom is 0.335 e. The molecule has 0 atom stereocenters. The molecule has 0 saturated heterocycles. The van der Waals surface area contributed by atoms with Crippen LogP contribution in [-0.4, -0.2) is 11.1 Å². The minimum absolute atomic E-state index is 0.293. The van der Waals surface area contributed by atoms with Crippen LogP contribution in [0.1, 0.15) is 15.9 Å². The first-order chi connectivity index (χ1) is 10.2. The molecule has 0 aliphatic carbocycles. The van der Waals surface area contributed by atoms with Crippen molar-refractivity contribution >= 4 is 16.7 Å². The van der Waals surface area contributed by atoms with Crippen molar-refractivity contribution < 1.29 is 14.6 Å². The molecule has 0 bridgehead atoms. The van der Waals surface area contributed by atoms with Gasteiger partial charge in [-0.2, -0.15) is 0 Å². The second-order valence-corrected chi connectivity index (χ2v) is 5.16. The fourth-order valence-electron chi connectivity index (χ4n) is 2.81. The molecular formula is C18H12O3. The number of rotatable bonds is 1. The lowest BCUT2D eigenvalue weighted by atomic mass is 9.93. The minimum atomic E-state index is -0.915. The summed E-state index contributed by atoms with van der Waals surface area (Å²) < 4.78 is 5.80. The van der Waals surface area contributed by atoms with Crippen molar-refractivity contribution in [3.63, 3.8) is 0 Å². The number of carboxylic acids is 1. The Kier molecular flexibility index (Phi) is 2.48. The van der Waals surface area contributed by atoms with Gasteiger partial charge in [-0.3, -0.25) is 0 Å². The van der Waals surface area contributed by atoms with Crippen LogP contribution in [0, 0.1) is 0 Å². The standard InChI is InChI=1S/C18H12O3/c19-18(20)13-5-6-15-14(7-13)10-21-17-9-12-4-2-1-3-11(12)8-16(15)17/h1-9H,10H2,(H,19,20). The number of benzene rings is 3. The van der Waals surface area contributed by atoms with Crippen molar-refractivity contribution in [3.8, 4) is 16.9 Å². The fraction of sp³-hybridized carbons (Fsp3) is 0.0556. The lowest BCUT2D eigenvalue weighted by Gasteiger charge is -2.21. The van der Waals surface area contributed by atoms with E-state index in [1.165, 1.54) is 0 Å². The number of carboxylic acid groups (broad SMARTS) is 1. The van der Waals surface area contributed by atoms with Gasteiger partial charge in [-0.1, -0.05) is 30.3 Å². The van der Waals surface area contributed by atoms with Crippen molar-refractivity contribution in [1.29, 1.82) is 0 Å². The van der Waals surface area contributed by atoms with Crippen LogP contribution in [0.4, 0.5) is 0 Å². The number of hydrogen-bond acceptors (Lipinski definition) is 2. The molecular weight excluding hydrogens is 264 g/mol. The fourth-order valence-corrected chi connectivity index (χ4v) is 2.81. The van der Waals surface area contributed by atoms with Gasteiger partial charge < -0.3 is 9.84 Å². The van der Waals surface area contributed by atoms with Gasteiger partial charge in [0.2, 0.25) is 0 Å². The van der Waals surface area contributed by atoms with Gasteiger partial charge in [0.15, 0.2) is 0 Å². The van der Waals surface area contributed by atoms with E-state index in [1.54, 1.807) is 12.1 Å². The van der Waals surface area contributed by atoms with E-state index in [2.05, 4.69) is 18.2 Å². The molecule has 0 spiro atoms. The number of ether oxygens (including phenoxy) is 1. The summed E-state index contributed by atoms with van der Waals surface area (Å²) in [5, 5.41) is 11.4. The highest BCUT2D eigenvalue weighted by Crippen LogP contribution is 2.40. The van der Waals surface area contributed by atoms with Crippen LogP contribution < -0.4 is 4.74 Å². The highest BCUT2D eigenvalue weighted by molar-refractivity contribution is 5.93. The largest absolute Gasteiger partial charge is 0.488 e. The van der Waals surface area contributed by atoms with Crippen LogP contribution >= 0.6 is 0 Å². The summed E-state index contributed by atoms with van der Waals surface area (Å²) in [4.78, 5) is 11.1. The van der Waals surface area contributed by atoms with Crippen molar-refractivity contribution in [1.82, 2.24) is 0 Å². The average molecular weight is 276 g/mol. The van der Waals surface area contributed by atoms with Crippen LogP contribution in [0.3, 0.4) is 0 Å². The molecule has 0 aromatic heterocycles. The van der Waals surface area contributed by atoms with Crippen molar-refractivity contribution in [2.45, 2.75) is 6.61 Å². The molecule has 21 heavy (non-hydrogen) atoms. The van der Waals surface area contributed by atoms with Crippen LogP contribution in [0.5, 0.6) is 5.75 Å². The third kappa shape index (κ3) is 1.86. The molecule has 102 valence electrons. The van der Waals surface area contributed by atoms with Gasteiger partial charge in [0.25, 0.3) is 0 Å². The summed E-state index contributed by atoms with van der Waals surface area (Å²) in [5.74, 6) is -0.0635. The highest BCUT2D eigenvalue weighted by atomic mass is 16.5. The predicted octanol–water partition coefficient (Wildman–Crippen LogP) is 4.10. The van der Waals surface area contributed by atoms with E-state index in [0.29, 0.717) is 12.2 Å². The Hall–Kier alpha value is -2.81. The Labute approximate surface area is 121 Å². The maximum absolute atomic E-state index is 11.1. The van der Waals surface area contributed by atoms with Gasteiger partial charge in [-0.05, 0) is 46.2 Å². The lowest BCUT2D eigenvalue weighted by molar-refractivity contribution is 0.0696. The smallest absolute Gasteiger partial charge is 0.335 e. The molecule has 3 heteroatoms. The first-order valence-electron chi connectivity index (χ1n) is 6.74. The lowest BCUT2D eigenvalue weighted by Crippen LogP contribution is -2.07. The third-order valence-corrected chi connectivity index (χ3v) is 3.87. The Morgan fingerprint density at radius 2 is 1.71 bits per heavy atom. The van der Waals surface area contributed by atoms with E-state index in [4.69, 9.17) is 9.84 Å². The van der Waals surface area contributed by atoms with E-state index in [9.17, 15) is 4.79 Å². The molecule has 0 saturated carbocycles. The van der Waals surface area contributed by atoms with Crippen LogP contribution in [-0.2, 0) is 6.61 Å². The van der Waals surface area contributed by atoms with Crippen LogP contribution in [0.15, 0.2) is 54.6 Å². The van der Waals surface area contributed by atoms with E-state index in [0.717, 1.165) is 33.2 Å². The van der Waals surface area contributed by atoms with Gasteiger partial charge in [-0.25, -0.2) is 4.79 Å². The minimum Gasteiger partial charge on any atom is -0.488 e. The Balaban J connectivity index is 1.95. The van der Waals surface area contributed by atoms with Crippen molar-refractivity contribution in [2.24, 2.45) is 0 Å². The Morgan fingerprint density at radius 3 is 2.48 bits per heavy atom. The molecule has 3 aromatic carbocycles. The number of carbonyl (C=O) groups is 1. The van der Waals surface area contributed by atoms with Gasteiger partial charge in [0.05, 0.1) is 5.56 Å². The summed E-state index contributed by atoms with van der Waals surface area (Å²) >= 11 is 0. The molecule has 1 aliphatic rings. The highest BCUT2D eigenvalue weighted by Gasteiger charge is 2.19. The summed E-state index contributed by atoms with van der Waals surface area (Å²) in [5.41, 5.74) is 3.28. The SMILES string of the molecule is O=C(O)c1ccc2c(c1)COc1cc3ccccc3cc1-2. The zero-order valence-electron chi connectivity index (χ0n) is 11.2. The van der Waals surface area contributed by atoms with Crippen molar-refractivity contribution in [3.05, 3.63) is 65.7 Å². The monoisotopic (exact) mass is 276 g/mol. The molecule has 3 aromatic rings. The molecule has 3 nitrogen and oxygen atoms in total. The van der Waals surface area contributed by atoms with Crippen LogP contribution in [0.2, 0.25) is 0 Å². The Morgan fingerprint density at radius 1 is 0.952 bits per heavy atom. The number of fused-ring (bicyclic) bond motifs is 4. The van der Waals surface area contributed by atoms with Crippen molar-refractivity contribution in [2.75, 3.05) is 0 Å². The second-order valence-electron chi connectivity index (χ2n) is 5.16. The van der Waals surface area contributed by atoms with Gasteiger partial charge >= 0.3 is 5.97 Å². The quantitative estimate of drug-likeness (QED) is 0.728. The normalized spacial score (nSPS) is 12.4. The molecule has 1 aliphatic heterocycles.